The fourth-order valence-corrected chi connectivity index (χ4v) is 3.80. The minimum atomic E-state index is -0.345. The smallest absolute Gasteiger partial charge is 0.262 e. The van der Waals surface area contributed by atoms with Gasteiger partial charge in [-0.15, -0.1) is 0 Å². The summed E-state index contributed by atoms with van der Waals surface area (Å²) in [6.07, 6.45) is -0.345. The Hall–Kier alpha value is -2.74. The predicted octanol–water partition coefficient (Wildman–Crippen LogP) is 4.79. The van der Waals surface area contributed by atoms with Crippen LogP contribution in [0.1, 0.15) is 22.1 Å². The largest absolute Gasteiger partial charge is 0.454 e. The fraction of sp³-hybridized carbons (Fsp3) is 0.0952. The number of nitrogens with zero attached hydrogens (tertiary/aromatic N) is 1. The molecule has 0 spiro atoms. The molecule has 5 nitrogen and oxygen atoms in total. The Morgan fingerprint density at radius 3 is 2.59 bits per heavy atom. The molecule has 3 aromatic rings. The molecule has 1 atom stereocenters. The maximum atomic E-state index is 13.3. The Bertz CT molecular complexity index is 1040. The van der Waals surface area contributed by atoms with E-state index in [4.69, 9.17) is 9.47 Å². The lowest BCUT2D eigenvalue weighted by Gasteiger charge is -2.38. The SMILES string of the molecule is O=C1c2ccccc2N[C@@H](c2ccc3c(c2)OCO3)N1c1ccc(I)cc1. The van der Waals surface area contributed by atoms with Gasteiger partial charge in [0.05, 0.1) is 5.56 Å². The first kappa shape index (κ1) is 16.4. The average Bonchev–Trinajstić information content (AvgIpc) is 3.17. The molecule has 1 amide bonds. The number of para-hydroxylation sites is 1. The number of hydrogen-bond donors (Lipinski definition) is 1. The van der Waals surface area contributed by atoms with Gasteiger partial charge in [0.25, 0.3) is 5.91 Å². The van der Waals surface area contributed by atoms with E-state index in [0.717, 1.165) is 26.3 Å². The summed E-state index contributed by atoms with van der Waals surface area (Å²) in [5, 5.41) is 3.50. The number of rotatable bonds is 2. The molecule has 0 unspecified atom stereocenters. The second-order valence-electron chi connectivity index (χ2n) is 6.36. The number of nitrogens with one attached hydrogen (secondary N) is 1. The van der Waals surface area contributed by atoms with Gasteiger partial charge in [0.1, 0.15) is 6.17 Å². The topological polar surface area (TPSA) is 50.8 Å². The van der Waals surface area contributed by atoms with Crippen molar-refractivity contribution in [1.82, 2.24) is 0 Å². The average molecular weight is 470 g/mol. The molecule has 2 aliphatic heterocycles. The quantitative estimate of drug-likeness (QED) is 0.548. The number of carbonyl (C=O) groups excluding carboxylic acids is 1. The van der Waals surface area contributed by atoms with E-state index in [-0.39, 0.29) is 18.9 Å². The van der Waals surface area contributed by atoms with E-state index in [1.165, 1.54) is 0 Å². The van der Waals surface area contributed by atoms with Gasteiger partial charge in [-0.2, -0.15) is 0 Å². The van der Waals surface area contributed by atoms with Crippen LogP contribution in [0.4, 0.5) is 11.4 Å². The highest BCUT2D eigenvalue weighted by Gasteiger charge is 2.34. The molecule has 3 aromatic carbocycles. The van der Waals surface area contributed by atoms with Gasteiger partial charge >= 0.3 is 0 Å². The third-order valence-electron chi connectivity index (χ3n) is 4.74. The molecule has 2 aliphatic rings. The van der Waals surface area contributed by atoms with Crippen LogP contribution >= 0.6 is 22.6 Å². The van der Waals surface area contributed by atoms with Crippen molar-refractivity contribution in [1.29, 1.82) is 0 Å². The number of halogens is 1. The molecule has 0 aromatic heterocycles. The van der Waals surface area contributed by atoms with E-state index in [2.05, 4.69) is 27.9 Å². The maximum Gasteiger partial charge on any atom is 0.262 e. The molecule has 27 heavy (non-hydrogen) atoms. The van der Waals surface area contributed by atoms with Gasteiger partial charge in [0.15, 0.2) is 11.5 Å². The highest BCUT2D eigenvalue weighted by atomic mass is 127. The summed E-state index contributed by atoms with van der Waals surface area (Å²) in [5.74, 6) is 1.39. The number of anilines is 2. The normalized spacial score (nSPS) is 17.4. The Balaban J connectivity index is 1.64. The van der Waals surface area contributed by atoms with Gasteiger partial charge in [0, 0.05) is 14.9 Å². The summed E-state index contributed by atoms with van der Waals surface area (Å²) < 4.78 is 12.1. The Labute approximate surface area is 170 Å². The van der Waals surface area contributed by atoms with Crippen LogP contribution in [0.15, 0.2) is 66.7 Å². The van der Waals surface area contributed by atoms with E-state index >= 15 is 0 Å². The summed E-state index contributed by atoms with van der Waals surface area (Å²) in [5.41, 5.74) is 3.26. The molecular formula is C21H15IN2O3. The molecule has 1 N–H and O–H groups in total. The van der Waals surface area contributed by atoms with Gasteiger partial charge in [-0.1, -0.05) is 18.2 Å². The lowest BCUT2D eigenvalue weighted by Crippen LogP contribution is -2.43. The molecule has 134 valence electrons. The number of fused-ring (bicyclic) bond motifs is 2. The molecule has 0 bridgehead atoms. The monoisotopic (exact) mass is 470 g/mol. The van der Waals surface area contributed by atoms with Crippen LogP contribution in [0.25, 0.3) is 0 Å². The third-order valence-corrected chi connectivity index (χ3v) is 5.46. The third kappa shape index (κ3) is 2.80. The first-order valence-corrected chi connectivity index (χ1v) is 9.63. The van der Waals surface area contributed by atoms with Gasteiger partial charge in [-0.25, -0.2) is 0 Å². The van der Waals surface area contributed by atoms with E-state index in [1.807, 2.05) is 66.7 Å². The summed E-state index contributed by atoms with van der Waals surface area (Å²) in [4.78, 5) is 15.1. The predicted molar refractivity (Wildman–Crippen MR) is 111 cm³/mol. The van der Waals surface area contributed by atoms with Crippen molar-refractivity contribution in [3.8, 4) is 11.5 Å². The number of hydrogen-bond acceptors (Lipinski definition) is 4. The van der Waals surface area contributed by atoms with E-state index in [1.54, 1.807) is 4.90 Å². The zero-order valence-electron chi connectivity index (χ0n) is 14.2. The first-order valence-electron chi connectivity index (χ1n) is 8.55. The molecule has 5 rings (SSSR count). The van der Waals surface area contributed by atoms with Crippen molar-refractivity contribution in [3.63, 3.8) is 0 Å². The van der Waals surface area contributed by atoms with Gasteiger partial charge in [0.2, 0.25) is 6.79 Å². The Morgan fingerprint density at radius 2 is 1.74 bits per heavy atom. The van der Waals surface area contributed by atoms with Crippen molar-refractivity contribution >= 4 is 39.9 Å². The zero-order valence-corrected chi connectivity index (χ0v) is 16.3. The van der Waals surface area contributed by atoms with Crippen molar-refractivity contribution < 1.29 is 14.3 Å². The van der Waals surface area contributed by atoms with E-state index < -0.39 is 0 Å². The second-order valence-corrected chi connectivity index (χ2v) is 7.60. The molecule has 0 fully saturated rings. The van der Waals surface area contributed by atoms with Crippen LogP contribution in [-0.4, -0.2) is 12.7 Å². The van der Waals surface area contributed by atoms with Crippen LogP contribution in [0.3, 0.4) is 0 Å². The van der Waals surface area contributed by atoms with Gasteiger partial charge < -0.3 is 14.8 Å². The van der Waals surface area contributed by atoms with E-state index in [0.29, 0.717) is 11.3 Å². The number of benzene rings is 3. The summed E-state index contributed by atoms with van der Waals surface area (Å²) >= 11 is 2.26. The van der Waals surface area contributed by atoms with E-state index in [9.17, 15) is 4.79 Å². The highest BCUT2D eigenvalue weighted by Crippen LogP contribution is 2.40. The lowest BCUT2D eigenvalue weighted by molar-refractivity contribution is 0.0975. The summed E-state index contributed by atoms with van der Waals surface area (Å²) in [6, 6.07) is 21.3. The molecule has 0 saturated heterocycles. The van der Waals surface area contributed by atoms with Crippen LogP contribution in [-0.2, 0) is 0 Å². The molecule has 0 saturated carbocycles. The molecule has 2 heterocycles. The maximum absolute atomic E-state index is 13.3. The second kappa shape index (κ2) is 6.45. The lowest BCUT2D eigenvalue weighted by atomic mass is 10.0. The molecular weight excluding hydrogens is 455 g/mol. The number of carbonyl (C=O) groups is 1. The zero-order chi connectivity index (χ0) is 18.4. The molecule has 0 radical (unpaired) electrons. The van der Waals surface area contributed by atoms with Crippen molar-refractivity contribution in [2.24, 2.45) is 0 Å². The molecule has 6 heteroatoms. The highest BCUT2D eigenvalue weighted by molar-refractivity contribution is 14.1. The van der Waals surface area contributed by atoms with Crippen molar-refractivity contribution in [2.75, 3.05) is 17.0 Å². The summed E-state index contributed by atoms with van der Waals surface area (Å²) in [7, 11) is 0. The standard InChI is InChI=1S/C21H15IN2O3/c22-14-6-8-15(9-7-14)24-20(13-5-10-18-19(11-13)27-12-26-18)23-17-4-2-1-3-16(17)21(24)25/h1-11,20,23H,12H2/t20-/m1/s1. The van der Waals surface area contributed by atoms with Gasteiger partial charge in [-0.3, -0.25) is 9.69 Å². The summed E-state index contributed by atoms with van der Waals surface area (Å²) in [6.45, 7) is 0.222. The minimum absolute atomic E-state index is 0.0341. The number of amides is 1. The molecule has 0 aliphatic carbocycles. The van der Waals surface area contributed by atoms with Crippen LogP contribution in [0, 0.1) is 3.57 Å². The Morgan fingerprint density at radius 1 is 0.963 bits per heavy atom. The minimum Gasteiger partial charge on any atom is -0.454 e. The van der Waals surface area contributed by atoms with Crippen molar-refractivity contribution in [2.45, 2.75) is 6.17 Å². The van der Waals surface area contributed by atoms with Crippen LogP contribution < -0.4 is 19.7 Å². The van der Waals surface area contributed by atoms with Crippen LogP contribution in [0.2, 0.25) is 0 Å². The van der Waals surface area contributed by atoms with Crippen molar-refractivity contribution in [3.05, 3.63) is 81.4 Å². The Kier molecular flexibility index (Phi) is 3.93. The fourth-order valence-electron chi connectivity index (χ4n) is 3.44. The first-order chi connectivity index (χ1) is 13.2. The van der Waals surface area contributed by atoms with Gasteiger partial charge in [-0.05, 0) is 76.7 Å². The number of ether oxygens (including phenoxy) is 2. The van der Waals surface area contributed by atoms with Crippen LogP contribution in [0.5, 0.6) is 11.5 Å².